The van der Waals surface area contributed by atoms with Gasteiger partial charge in [0.25, 0.3) is 0 Å². The van der Waals surface area contributed by atoms with E-state index < -0.39 is 24.0 Å². The van der Waals surface area contributed by atoms with Gasteiger partial charge in [-0.3, -0.25) is 4.79 Å². The molecule has 0 aliphatic rings. The molecule has 0 aliphatic heterocycles. The summed E-state index contributed by atoms with van der Waals surface area (Å²) in [6, 6.07) is 4.61. The molecule has 0 aliphatic carbocycles. The van der Waals surface area contributed by atoms with Gasteiger partial charge >= 0.3 is 18.0 Å². The predicted octanol–water partition coefficient (Wildman–Crippen LogP) is 1.87. The van der Waals surface area contributed by atoms with Crippen LogP contribution in [0, 0.1) is 0 Å². The van der Waals surface area contributed by atoms with Gasteiger partial charge in [-0.25, -0.2) is 9.59 Å². The van der Waals surface area contributed by atoms with Crippen LogP contribution < -0.4 is 10.6 Å². The van der Waals surface area contributed by atoms with Crippen molar-refractivity contribution in [3.05, 3.63) is 29.3 Å². The number of para-hydroxylation sites is 1. The third kappa shape index (κ3) is 5.70. The van der Waals surface area contributed by atoms with E-state index in [9.17, 15) is 14.4 Å². The molecule has 0 radical (unpaired) electrons. The molecule has 0 bridgehead atoms. The van der Waals surface area contributed by atoms with Crippen LogP contribution in [0.25, 0.3) is 0 Å². The van der Waals surface area contributed by atoms with E-state index in [0.29, 0.717) is 10.7 Å². The van der Waals surface area contributed by atoms with Crippen LogP contribution in [-0.2, 0) is 14.3 Å². The van der Waals surface area contributed by atoms with E-state index in [1.807, 2.05) is 0 Å². The predicted molar refractivity (Wildman–Crippen MR) is 76.3 cm³/mol. The number of hydrogen-bond donors (Lipinski definition) is 3. The molecule has 0 aromatic heterocycles. The van der Waals surface area contributed by atoms with E-state index in [1.165, 1.54) is 7.11 Å². The summed E-state index contributed by atoms with van der Waals surface area (Å²) in [7, 11) is 1.20. The third-order valence-electron chi connectivity index (χ3n) is 2.59. The molecule has 1 rings (SSSR count). The molecule has 1 aromatic carbocycles. The van der Waals surface area contributed by atoms with Crippen molar-refractivity contribution >= 4 is 35.3 Å². The topological polar surface area (TPSA) is 105 Å². The summed E-state index contributed by atoms with van der Waals surface area (Å²) in [5, 5.41) is 14.0. The molecular weight excluding hydrogens is 300 g/mol. The minimum atomic E-state index is -1.24. The highest BCUT2D eigenvalue weighted by atomic mass is 35.5. The smallest absolute Gasteiger partial charge is 0.326 e. The van der Waals surface area contributed by atoms with Crippen LogP contribution in [0.5, 0.6) is 0 Å². The number of methoxy groups -OCH3 is 1. The van der Waals surface area contributed by atoms with Crippen molar-refractivity contribution in [2.45, 2.75) is 18.9 Å². The summed E-state index contributed by atoms with van der Waals surface area (Å²) in [5.74, 6) is -1.79. The zero-order valence-corrected chi connectivity index (χ0v) is 12.0. The van der Waals surface area contributed by atoms with Crippen molar-refractivity contribution in [3.63, 3.8) is 0 Å². The summed E-state index contributed by atoms with van der Waals surface area (Å²) in [5.41, 5.74) is 0.355. The van der Waals surface area contributed by atoms with E-state index in [4.69, 9.17) is 16.7 Å². The Kier molecular flexibility index (Phi) is 6.48. The van der Waals surface area contributed by atoms with Gasteiger partial charge in [-0.2, -0.15) is 0 Å². The molecule has 114 valence electrons. The maximum absolute atomic E-state index is 11.7. The van der Waals surface area contributed by atoms with Gasteiger partial charge in [0, 0.05) is 6.42 Å². The minimum Gasteiger partial charge on any atom is -0.480 e. The standard InChI is InChI=1S/C13H15ClN2O5/c1-21-11(17)7-6-10(12(18)19)16-13(20)15-9-5-3-2-4-8(9)14/h2-5,10H,6-7H2,1H3,(H,18,19)(H2,15,16,20)/t10-/m0/s1. The number of carbonyl (C=O) groups is 3. The number of amides is 2. The number of carbonyl (C=O) groups excluding carboxylic acids is 2. The molecule has 0 unspecified atom stereocenters. The first-order chi connectivity index (χ1) is 9.93. The Labute approximate surface area is 126 Å². The van der Waals surface area contributed by atoms with Crippen molar-refractivity contribution in [1.82, 2.24) is 5.32 Å². The molecule has 1 atom stereocenters. The second kappa shape index (κ2) is 8.11. The summed E-state index contributed by atoms with van der Waals surface area (Å²) in [4.78, 5) is 33.8. The fourth-order valence-electron chi connectivity index (χ4n) is 1.50. The Balaban J connectivity index is 2.58. The van der Waals surface area contributed by atoms with Crippen molar-refractivity contribution < 1.29 is 24.2 Å². The molecular formula is C13H15ClN2O5. The summed E-state index contributed by atoms with van der Waals surface area (Å²) >= 11 is 5.87. The normalized spacial score (nSPS) is 11.3. The molecule has 8 heteroatoms. The highest BCUT2D eigenvalue weighted by Crippen LogP contribution is 2.20. The molecule has 2 amide bonds. The number of benzene rings is 1. The SMILES string of the molecule is COC(=O)CC[C@H](NC(=O)Nc1ccccc1Cl)C(=O)O. The van der Waals surface area contributed by atoms with Gasteiger partial charge in [0.2, 0.25) is 0 Å². The largest absolute Gasteiger partial charge is 0.480 e. The lowest BCUT2D eigenvalue weighted by atomic mass is 10.1. The number of hydrogen-bond acceptors (Lipinski definition) is 4. The fraction of sp³-hybridized carbons (Fsp3) is 0.308. The van der Waals surface area contributed by atoms with Gasteiger partial charge in [-0.15, -0.1) is 0 Å². The number of halogens is 1. The van der Waals surface area contributed by atoms with Crippen LogP contribution in [0.15, 0.2) is 24.3 Å². The Bertz CT molecular complexity index is 535. The van der Waals surface area contributed by atoms with Crippen molar-refractivity contribution in [2.75, 3.05) is 12.4 Å². The first kappa shape index (κ1) is 16.8. The number of rotatable bonds is 6. The van der Waals surface area contributed by atoms with Crippen LogP contribution in [-0.4, -0.2) is 36.2 Å². The molecule has 3 N–H and O–H groups in total. The average Bonchev–Trinajstić information content (AvgIpc) is 2.45. The fourth-order valence-corrected chi connectivity index (χ4v) is 1.68. The maximum Gasteiger partial charge on any atom is 0.326 e. The average molecular weight is 315 g/mol. The molecule has 0 heterocycles. The van der Waals surface area contributed by atoms with Crippen LogP contribution in [0.3, 0.4) is 0 Å². The van der Waals surface area contributed by atoms with Crippen LogP contribution in [0.2, 0.25) is 5.02 Å². The molecule has 7 nitrogen and oxygen atoms in total. The monoisotopic (exact) mass is 314 g/mol. The Morgan fingerprint density at radius 1 is 1.33 bits per heavy atom. The summed E-state index contributed by atoms with van der Waals surface area (Å²) < 4.78 is 4.42. The number of urea groups is 1. The number of aliphatic carboxylic acids is 1. The highest BCUT2D eigenvalue weighted by Gasteiger charge is 2.21. The molecule has 1 aromatic rings. The first-order valence-corrected chi connectivity index (χ1v) is 6.43. The van der Waals surface area contributed by atoms with Crippen molar-refractivity contribution in [2.24, 2.45) is 0 Å². The van der Waals surface area contributed by atoms with Gasteiger partial charge in [-0.05, 0) is 18.6 Å². The molecule has 0 fully saturated rings. The van der Waals surface area contributed by atoms with E-state index in [0.717, 1.165) is 0 Å². The number of ether oxygens (including phenoxy) is 1. The Hall–Kier alpha value is -2.28. The van der Waals surface area contributed by atoms with Gasteiger partial charge in [-0.1, -0.05) is 23.7 Å². The lowest BCUT2D eigenvalue weighted by Gasteiger charge is -2.15. The second-order valence-corrected chi connectivity index (χ2v) is 4.49. The van der Waals surface area contributed by atoms with Crippen LogP contribution >= 0.6 is 11.6 Å². The molecule has 0 spiro atoms. The Morgan fingerprint density at radius 2 is 2.00 bits per heavy atom. The maximum atomic E-state index is 11.7. The summed E-state index contributed by atoms with van der Waals surface area (Å²) in [6.45, 7) is 0. The van der Waals surface area contributed by atoms with Crippen LogP contribution in [0.4, 0.5) is 10.5 Å². The number of nitrogens with one attached hydrogen (secondary N) is 2. The quantitative estimate of drug-likeness (QED) is 0.695. The second-order valence-electron chi connectivity index (χ2n) is 4.08. The van der Waals surface area contributed by atoms with E-state index >= 15 is 0 Å². The number of anilines is 1. The zero-order chi connectivity index (χ0) is 15.8. The van der Waals surface area contributed by atoms with Crippen molar-refractivity contribution in [3.8, 4) is 0 Å². The van der Waals surface area contributed by atoms with Gasteiger partial charge in [0.1, 0.15) is 6.04 Å². The first-order valence-electron chi connectivity index (χ1n) is 6.05. The van der Waals surface area contributed by atoms with Gasteiger partial charge in [0.05, 0.1) is 17.8 Å². The summed E-state index contributed by atoms with van der Waals surface area (Å²) in [6.07, 6.45) is -0.183. The van der Waals surface area contributed by atoms with Crippen molar-refractivity contribution in [1.29, 1.82) is 0 Å². The third-order valence-corrected chi connectivity index (χ3v) is 2.92. The van der Waals surface area contributed by atoms with E-state index in [2.05, 4.69) is 15.4 Å². The van der Waals surface area contributed by atoms with Crippen LogP contribution in [0.1, 0.15) is 12.8 Å². The Morgan fingerprint density at radius 3 is 2.57 bits per heavy atom. The molecule has 0 saturated heterocycles. The number of carboxylic acid groups (broad SMARTS) is 1. The van der Waals surface area contributed by atoms with E-state index in [1.54, 1.807) is 24.3 Å². The number of esters is 1. The lowest BCUT2D eigenvalue weighted by Crippen LogP contribution is -2.43. The van der Waals surface area contributed by atoms with E-state index in [-0.39, 0.29) is 12.8 Å². The van der Waals surface area contributed by atoms with Gasteiger partial charge < -0.3 is 20.5 Å². The molecule has 21 heavy (non-hydrogen) atoms. The molecule has 0 saturated carbocycles. The lowest BCUT2D eigenvalue weighted by molar-refractivity contribution is -0.142. The zero-order valence-electron chi connectivity index (χ0n) is 11.3. The number of carboxylic acids is 1. The highest BCUT2D eigenvalue weighted by molar-refractivity contribution is 6.33. The van der Waals surface area contributed by atoms with Gasteiger partial charge in [0.15, 0.2) is 0 Å². The minimum absolute atomic E-state index is 0.0715.